The lowest BCUT2D eigenvalue weighted by atomic mass is 10.2. The summed E-state index contributed by atoms with van der Waals surface area (Å²) in [5.74, 6) is 0. The van der Waals surface area contributed by atoms with Crippen molar-refractivity contribution in [3.63, 3.8) is 0 Å². The molecule has 0 bridgehead atoms. The third-order valence-corrected chi connectivity index (χ3v) is 2.01. The lowest BCUT2D eigenvalue weighted by Crippen LogP contribution is -2.33. The van der Waals surface area contributed by atoms with Crippen LogP contribution in [0.25, 0.3) is 0 Å². The van der Waals surface area contributed by atoms with Gasteiger partial charge in [0.25, 0.3) is 0 Å². The number of alkyl halides is 1. The van der Waals surface area contributed by atoms with Gasteiger partial charge in [-0.25, -0.2) is 0 Å². The maximum atomic E-state index is 8.54. The minimum Gasteiger partial charge on any atom is -0.358 e. The van der Waals surface area contributed by atoms with Gasteiger partial charge in [-0.05, 0) is 34.7 Å². The number of nitrogens with zero attached hydrogens (tertiary/aromatic N) is 1. The molecule has 1 rings (SSSR count). The van der Waals surface area contributed by atoms with Crippen LogP contribution in [0.1, 0.15) is 0 Å². The Morgan fingerprint density at radius 3 is 2.90 bits per heavy atom. The molecule has 2 nitrogen and oxygen atoms in total. The van der Waals surface area contributed by atoms with E-state index in [9.17, 15) is 0 Å². The van der Waals surface area contributed by atoms with Crippen molar-refractivity contribution in [2.24, 2.45) is 0 Å². The van der Waals surface area contributed by atoms with Crippen LogP contribution in [0.4, 0.5) is 0 Å². The number of nitriles is 1. The van der Waals surface area contributed by atoms with Crippen molar-refractivity contribution in [1.82, 2.24) is 5.32 Å². The molecule has 1 aliphatic heterocycles. The Kier molecular flexibility index (Phi) is 2.21. The van der Waals surface area contributed by atoms with Crippen molar-refractivity contribution in [3.05, 3.63) is 21.9 Å². The molecule has 1 N–H and O–H groups in total. The van der Waals surface area contributed by atoms with E-state index in [1.807, 2.05) is 12.1 Å². The SMILES string of the molecule is N#CC1(Cl)C=C(I)C=CN1. The quantitative estimate of drug-likeness (QED) is 0.413. The minimum absolute atomic E-state index is 0.966. The molecule has 0 saturated heterocycles. The molecule has 1 aliphatic rings. The fraction of sp³-hybridized carbons (Fsp3) is 0.167. The fourth-order valence-electron chi connectivity index (χ4n) is 0.587. The number of nitrogens with one attached hydrogen (secondary N) is 1. The van der Waals surface area contributed by atoms with Gasteiger partial charge in [0, 0.05) is 9.78 Å². The zero-order chi connectivity index (χ0) is 7.61. The highest BCUT2D eigenvalue weighted by atomic mass is 127. The van der Waals surface area contributed by atoms with E-state index in [0.717, 1.165) is 3.58 Å². The van der Waals surface area contributed by atoms with Crippen LogP contribution in [-0.2, 0) is 0 Å². The second kappa shape index (κ2) is 2.81. The molecule has 4 heteroatoms. The van der Waals surface area contributed by atoms with E-state index < -0.39 is 5.00 Å². The van der Waals surface area contributed by atoms with Crippen molar-refractivity contribution in [2.45, 2.75) is 5.00 Å². The van der Waals surface area contributed by atoms with Gasteiger partial charge >= 0.3 is 0 Å². The lowest BCUT2D eigenvalue weighted by Gasteiger charge is -2.18. The van der Waals surface area contributed by atoms with Gasteiger partial charge in [0.05, 0.1) is 0 Å². The first kappa shape index (κ1) is 7.89. The smallest absolute Gasteiger partial charge is 0.220 e. The molecule has 0 radical (unpaired) electrons. The Balaban J connectivity index is 2.89. The summed E-state index contributed by atoms with van der Waals surface area (Å²) in [6.45, 7) is 0. The molecule has 0 saturated carbocycles. The molecule has 1 heterocycles. The number of hydrogen-bond donors (Lipinski definition) is 1. The molecule has 0 fully saturated rings. The molecular formula is C6H4ClIN2. The summed E-state index contributed by atoms with van der Waals surface area (Å²) in [5.41, 5.74) is 0. The van der Waals surface area contributed by atoms with E-state index in [2.05, 4.69) is 27.9 Å². The van der Waals surface area contributed by atoms with Crippen molar-refractivity contribution in [2.75, 3.05) is 0 Å². The third kappa shape index (κ3) is 1.64. The monoisotopic (exact) mass is 266 g/mol. The second-order valence-corrected chi connectivity index (χ2v) is 3.67. The van der Waals surface area contributed by atoms with Gasteiger partial charge in [0.1, 0.15) is 6.07 Å². The predicted octanol–water partition coefficient (Wildman–Crippen LogP) is 1.88. The molecule has 0 aromatic heterocycles. The number of allylic oxidation sites excluding steroid dienone is 2. The Morgan fingerprint density at radius 1 is 1.80 bits per heavy atom. The van der Waals surface area contributed by atoms with Crippen LogP contribution in [0.5, 0.6) is 0 Å². The molecule has 1 atom stereocenters. The topological polar surface area (TPSA) is 35.8 Å². The highest BCUT2D eigenvalue weighted by molar-refractivity contribution is 14.1. The first-order valence-electron chi connectivity index (χ1n) is 2.59. The van der Waals surface area contributed by atoms with Gasteiger partial charge in [-0.1, -0.05) is 11.6 Å². The molecule has 0 aromatic rings. The molecule has 10 heavy (non-hydrogen) atoms. The van der Waals surface area contributed by atoms with Crippen molar-refractivity contribution < 1.29 is 0 Å². The van der Waals surface area contributed by atoms with Gasteiger partial charge in [-0.15, -0.1) is 0 Å². The zero-order valence-electron chi connectivity index (χ0n) is 4.94. The summed E-state index contributed by atoms with van der Waals surface area (Å²) in [7, 11) is 0. The van der Waals surface area contributed by atoms with Crippen molar-refractivity contribution in [3.8, 4) is 6.07 Å². The van der Waals surface area contributed by atoms with Crippen LogP contribution in [0.2, 0.25) is 0 Å². The Hall–Kier alpha value is -0.210. The van der Waals surface area contributed by atoms with E-state index >= 15 is 0 Å². The predicted molar refractivity (Wildman–Crippen MR) is 48.6 cm³/mol. The Morgan fingerprint density at radius 2 is 2.50 bits per heavy atom. The molecular weight excluding hydrogens is 262 g/mol. The van der Waals surface area contributed by atoms with Crippen LogP contribution in [0.15, 0.2) is 21.9 Å². The number of halogens is 2. The first-order valence-corrected chi connectivity index (χ1v) is 4.05. The molecule has 52 valence electrons. The summed E-state index contributed by atoms with van der Waals surface area (Å²) in [5, 5.41) is 11.3. The number of dihydropyridines is 1. The van der Waals surface area contributed by atoms with Crippen molar-refractivity contribution in [1.29, 1.82) is 5.26 Å². The van der Waals surface area contributed by atoms with Gasteiger partial charge in [-0.3, -0.25) is 0 Å². The Labute approximate surface area is 77.7 Å². The molecule has 0 aromatic carbocycles. The van der Waals surface area contributed by atoms with Crippen LogP contribution < -0.4 is 5.32 Å². The zero-order valence-corrected chi connectivity index (χ0v) is 7.85. The van der Waals surface area contributed by atoms with E-state index in [1.54, 1.807) is 12.3 Å². The number of hydrogen-bond acceptors (Lipinski definition) is 2. The van der Waals surface area contributed by atoms with E-state index in [0.29, 0.717) is 0 Å². The van der Waals surface area contributed by atoms with Gasteiger partial charge < -0.3 is 5.32 Å². The highest BCUT2D eigenvalue weighted by Gasteiger charge is 2.23. The molecule has 1 unspecified atom stereocenters. The average Bonchev–Trinajstić information content (AvgIpc) is 1.88. The van der Waals surface area contributed by atoms with Crippen molar-refractivity contribution >= 4 is 34.2 Å². The normalized spacial score (nSPS) is 30.3. The van der Waals surface area contributed by atoms with E-state index in [1.165, 1.54) is 0 Å². The van der Waals surface area contributed by atoms with Crippen LogP contribution in [0.3, 0.4) is 0 Å². The number of rotatable bonds is 0. The summed E-state index contributed by atoms with van der Waals surface area (Å²) in [6.07, 6.45) is 5.17. The molecule has 0 spiro atoms. The van der Waals surface area contributed by atoms with E-state index in [4.69, 9.17) is 16.9 Å². The average molecular weight is 266 g/mol. The largest absolute Gasteiger partial charge is 0.358 e. The Bertz CT molecular complexity index is 241. The van der Waals surface area contributed by atoms with Crippen LogP contribution >= 0.6 is 34.2 Å². The van der Waals surface area contributed by atoms with Crippen LogP contribution in [-0.4, -0.2) is 5.00 Å². The standard InChI is InChI=1S/C6H4ClIN2/c7-6(4-9)3-5(8)1-2-10-6/h1-3,10H. The first-order chi connectivity index (χ1) is 4.66. The summed E-state index contributed by atoms with van der Waals surface area (Å²) in [6, 6.07) is 1.93. The van der Waals surface area contributed by atoms with Gasteiger partial charge in [-0.2, -0.15) is 5.26 Å². The summed E-state index contributed by atoms with van der Waals surface area (Å²) >= 11 is 7.85. The highest BCUT2D eigenvalue weighted by Crippen LogP contribution is 2.22. The van der Waals surface area contributed by atoms with E-state index in [-0.39, 0.29) is 0 Å². The lowest BCUT2D eigenvalue weighted by molar-refractivity contribution is 0.767. The second-order valence-electron chi connectivity index (χ2n) is 1.83. The summed E-state index contributed by atoms with van der Waals surface area (Å²) in [4.78, 5) is -1.04. The minimum atomic E-state index is -1.04. The van der Waals surface area contributed by atoms with Gasteiger partial charge in [0.2, 0.25) is 5.00 Å². The maximum absolute atomic E-state index is 8.54. The van der Waals surface area contributed by atoms with Gasteiger partial charge in [0.15, 0.2) is 0 Å². The molecule has 0 aliphatic carbocycles. The molecule has 0 amide bonds. The van der Waals surface area contributed by atoms with Crippen LogP contribution in [0, 0.1) is 11.3 Å². The fourth-order valence-corrected chi connectivity index (χ4v) is 1.60. The third-order valence-electron chi connectivity index (χ3n) is 1.04. The maximum Gasteiger partial charge on any atom is 0.220 e. The summed E-state index contributed by atoms with van der Waals surface area (Å²) < 4.78 is 0.966.